The average Bonchev–Trinajstić information content (AvgIpc) is 2.87. The predicted octanol–water partition coefficient (Wildman–Crippen LogP) is 2.34. The van der Waals surface area contributed by atoms with Crippen molar-refractivity contribution in [2.75, 3.05) is 31.1 Å². The molecule has 2 aliphatic heterocycles. The first kappa shape index (κ1) is 15.6. The van der Waals surface area contributed by atoms with E-state index in [1.807, 2.05) is 0 Å². The fourth-order valence-corrected chi connectivity index (χ4v) is 3.61. The quantitative estimate of drug-likeness (QED) is 0.879. The zero-order valence-electron chi connectivity index (χ0n) is 12.4. The van der Waals surface area contributed by atoms with Crippen LogP contribution in [0.4, 0.5) is 18.9 Å². The molecule has 2 atom stereocenters. The summed E-state index contributed by atoms with van der Waals surface area (Å²) in [6.07, 6.45) is -3.53. The molecule has 2 fully saturated rings. The molecule has 0 amide bonds. The summed E-state index contributed by atoms with van der Waals surface area (Å²) < 4.78 is 37.1. The standard InChI is InChI=1S/C16H21F3N2O/c17-16(18,19)9-12-1-3-13(4-2-12)21-8-6-15(11-21)5-7-20-10-14(15)22/h1-4,14,20,22H,5-11H2. The zero-order valence-corrected chi connectivity index (χ0v) is 12.4. The van der Waals surface area contributed by atoms with E-state index < -0.39 is 12.6 Å². The van der Waals surface area contributed by atoms with E-state index in [9.17, 15) is 18.3 Å². The van der Waals surface area contributed by atoms with Gasteiger partial charge in [-0.3, -0.25) is 0 Å². The molecule has 22 heavy (non-hydrogen) atoms. The monoisotopic (exact) mass is 314 g/mol. The van der Waals surface area contributed by atoms with Gasteiger partial charge in [0, 0.05) is 30.7 Å². The molecule has 122 valence electrons. The number of halogens is 3. The Morgan fingerprint density at radius 3 is 2.59 bits per heavy atom. The van der Waals surface area contributed by atoms with Crippen LogP contribution >= 0.6 is 0 Å². The van der Waals surface area contributed by atoms with Gasteiger partial charge in [-0.2, -0.15) is 13.2 Å². The van der Waals surface area contributed by atoms with Crippen LogP contribution in [0.1, 0.15) is 18.4 Å². The summed E-state index contributed by atoms with van der Waals surface area (Å²) in [6.45, 7) is 3.15. The average molecular weight is 314 g/mol. The lowest BCUT2D eigenvalue weighted by atomic mass is 9.76. The van der Waals surface area contributed by atoms with Gasteiger partial charge in [-0.15, -0.1) is 0 Å². The Bertz CT molecular complexity index is 517. The molecule has 0 saturated carbocycles. The molecule has 3 rings (SSSR count). The molecule has 0 bridgehead atoms. The van der Waals surface area contributed by atoms with Crippen LogP contribution in [-0.4, -0.2) is 43.6 Å². The zero-order chi connectivity index (χ0) is 15.8. The molecule has 2 N–H and O–H groups in total. The largest absolute Gasteiger partial charge is 0.393 e. The van der Waals surface area contributed by atoms with Gasteiger partial charge in [-0.05, 0) is 37.1 Å². The topological polar surface area (TPSA) is 35.5 Å². The van der Waals surface area contributed by atoms with Crippen molar-refractivity contribution in [1.82, 2.24) is 5.32 Å². The molecule has 1 aromatic carbocycles. The Balaban J connectivity index is 1.68. The van der Waals surface area contributed by atoms with Crippen molar-refractivity contribution in [3.05, 3.63) is 29.8 Å². The molecule has 2 aliphatic rings. The third-order valence-electron chi connectivity index (χ3n) is 4.94. The number of hydrogen-bond donors (Lipinski definition) is 2. The number of piperidine rings is 1. The Morgan fingerprint density at radius 1 is 1.23 bits per heavy atom. The highest BCUT2D eigenvalue weighted by molar-refractivity contribution is 5.49. The minimum absolute atomic E-state index is 0.0735. The van der Waals surface area contributed by atoms with Gasteiger partial charge < -0.3 is 15.3 Å². The number of rotatable bonds is 2. The summed E-state index contributed by atoms with van der Waals surface area (Å²) in [6, 6.07) is 6.61. The number of aliphatic hydroxyl groups is 1. The van der Waals surface area contributed by atoms with Crippen LogP contribution in [0.2, 0.25) is 0 Å². The van der Waals surface area contributed by atoms with Crippen molar-refractivity contribution in [1.29, 1.82) is 0 Å². The van der Waals surface area contributed by atoms with E-state index in [2.05, 4.69) is 10.2 Å². The molecular formula is C16H21F3N2O. The van der Waals surface area contributed by atoms with Crippen molar-refractivity contribution in [2.45, 2.75) is 31.5 Å². The number of nitrogens with one attached hydrogen (secondary N) is 1. The highest BCUT2D eigenvalue weighted by Crippen LogP contribution is 2.40. The van der Waals surface area contributed by atoms with E-state index in [1.165, 1.54) is 0 Å². The maximum atomic E-state index is 12.4. The molecule has 0 aliphatic carbocycles. The minimum Gasteiger partial charge on any atom is -0.391 e. The van der Waals surface area contributed by atoms with E-state index >= 15 is 0 Å². The summed E-state index contributed by atoms with van der Waals surface area (Å²) in [7, 11) is 0. The second-order valence-electron chi connectivity index (χ2n) is 6.46. The first-order chi connectivity index (χ1) is 10.4. The molecule has 1 spiro atoms. The highest BCUT2D eigenvalue weighted by atomic mass is 19.4. The predicted molar refractivity (Wildman–Crippen MR) is 79.0 cm³/mol. The second kappa shape index (κ2) is 5.74. The Labute approximate surface area is 128 Å². The smallest absolute Gasteiger partial charge is 0.391 e. The molecule has 2 saturated heterocycles. The van der Waals surface area contributed by atoms with Gasteiger partial charge in [0.2, 0.25) is 0 Å². The molecule has 2 heterocycles. The molecule has 1 aromatic rings. The third kappa shape index (κ3) is 3.22. The van der Waals surface area contributed by atoms with Crippen LogP contribution in [-0.2, 0) is 6.42 Å². The van der Waals surface area contributed by atoms with Gasteiger partial charge in [0.25, 0.3) is 0 Å². The molecule has 0 radical (unpaired) electrons. The van der Waals surface area contributed by atoms with Gasteiger partial charge in [-0.1, -0.05) is 12.1 Å². The van der Waals surface area contributed by atoms with E-state index in [0.29, 0.717) is 6.54 Å². The van der Waals surface area contributed by atoms with Crippen LogP contribution in [0.3, 0.4) is 0 Å². The summed E-state index contributed by atoms with van der Waals surface area (Å²) in [5.74, 6) is 0. The van der Waals surface area contributed by atoms with Crippen LogP contribution in [0, 0.1) is 5.41 Å². The van der Waals surface area contributed by atoms with Gasteiger partial charge in [0.1, 0.15) is 0 Å². The number of nitrogens with zero attached hydrogens (tertiary/aromatic N) is 1. The lowest BCUT2D eigenvalue weighted by Crippen LogP contribution is -2.50. The lowest BCUT2D eigenvalue weighted by Gasteiger charge is -2.38. The number of anilines is 1. The van der Waals surface area contributed by atoms with E-state index in [4.69, 9.17) is 0 Å². The first-order valence-electron chi connectivity index (χ1n) is 7.67. The molecule has 0 aromatic heterocycles. The minimum atomic E-state index is -4.17. The molecule has 3 nitrogen and oxygen atoms in total. The van der Waals surface area contributed by atoms with Gasteiger partial charge in [0.15, 0.2) is 0 Å². The number of β-amino-alcohol motifs (C(OH)–C–C–N with tert-alkyl or cyclic N) is 1. The third-order valence-corrected chi connectivity index (χ3v) is 4.94. The van der Waals surface area contributed by atoms with Crippen LogP contribution in [0.15, 0.2) is 24.3 Å². The maximum absolute atomic E-state index is 12.4. The Hall–Kier alpha value is -1.27. The SMILES string of the molecule is OC1CNCCC12CCN(c1ccc(CC(F)(F)F)cc1)C2. The number of aliphatic hydroxyl groups excluding tert-OH is 1. The van der Waals surface area contributed by atoms with E-state index in [1.54, 1.807) is 24.3 Å². The summed E-state index contributed by atoms with van der Waals surface area (Å²) in [4.78, 5) is 2.17. The number of hydrogen-bond acceptors (Lipinski definition) is 3. The fourth-order valence-electron chi connectivity index (χ4n) is 3.61. The maximum Gasteiger partial charge on any atom is 0.393 e. The number of benzene rings is 1. The molecule has 6 heteroatoms. The first-order valence-corrected chi connectivity index (χ1v) is 7.67. The Kier molecular flexibility index (Phi) is 4.07. The van der Waals surface area contributed by atoms with Gasteiger partial charge in [-0.25, -0.2) is 0 Å². The van der Waals surface area contributed by atoms with E-state index in [0.717, 1.165) is 38.2 Å². The van der Waals surface area contributed by atoms with Crippen LogP contribution in [0.5, 0.6) is 0 Å². The molecular weight excluding hydrogens is 293 g/mol. The highest BCUT2D eigenvalue weighted by Gasteiger charge is 2.45. The van der Waals surface area contributed by atoms with Crippen LogP contribution in [0.25, 0.3) is 0 Å². The molecule has 2 unspecified atom stereocenters. The van der Waals surface area contributed by atoms with Gasteiger partial charge in [0.05, 0.1) is 12.5 Å². The van der Waals surface area contributed by atoms with E-state index in [-0.39, 0.29) is 17.1 Å². The summed E-state index contributed by atoms with van der Waals surface area (Å²) in [5, 5.41) is 13.5. The van der Waals surface area contributed by atoms with Crippen LogP contribution < -0.4 is 10.2 Å². The van der Waals surface area contributed by atoms with Crippen molar-refractivity contribution in [2.24, 2.45) is 5.41 Å². The van der Waals surface area contributed by atoms with Crippen molar-refractivity contribution in [3.63, 3.8) is 0 Å². The second-order valence-corrected chi connectivity index (χ2v) is 6.46. The summed E-state index contributed by atoms with van der Waals surface area (Å²) in [5.41, 5.74) is 1.15. The fraction of sp³-hybridized carbons (Fsp3) is 0.625. The lowest BCUT2D eigenvalue weighted by molar-refractivity contribution is -0.127. The van der Waals surface area contributed by atoms with Crippen molar-refractivity contribution in [3.8, 4) is 0 Å². The Morgan fingerprint density at radius 2 is 1.95 bits per heavy atom. The normalized spacial score (nSPS) is 29.3. The number of alkyl halides is 3. The van der Waals surface area contributed by atoms with Crippen molar-refractivity contribution >= 4 is 5.69 Å². The van der Waals surface area contributed by atoms with Crippen molar-refractivity contribution < 1.29 is 18.3 Å². The summed E-state index contributed by atoms with van der Waals surface area (Å²) >= 11 is 0. The van der Waals surface area contributed by atoms with Gasteiger partial charge >= 0.3 is 6.18 Å².